The number of thioether (sulfide) groups is 1. The van der Waals surface area contributed by atoms with Crippen LogP contribution in [0.1, 0.15) is 40.0 Å². The van der Waals surface area contributed by atoms with Crippen molar-refractivity contribution >= 4 is 23.1 Å². The molecule has 5 rings (SSSR count). The van der Waals surface area contributed by atoms with Gasteiger partial charge in [0.05, 0.1) is 28.5 Å². The molecule has 1 aromatic carbocycles. The fraction of sp³-hybridized carbons (Fsp3) is 0.300. The number of hydrogen-bond donors (Lipinski definition) is 0. The van der Waals surface area contributed by atoms with Crippen LogP contribution in [-0.2, 0) is 25.0 Å². The topological polar surface area (TPSA) is 69.6 Å². The Labute approximate surface area is 171 Å². The predicted octanol–water partition coefficient (Wildman–Crippen LogP) is 4.39. The van der Waals surface area contributed by atoms with Crippen LogP contribution in [0, 0.1) is 6.92 Å². The van der Waals surface area contributed by atoms with Crippen LogP contribution in [0.3, 0.4) is 0 Å². The number of thiazole rings is 1. The molecule has 0 N–H and O–H groups in total. The first-order valence-electron chi connectivity index (χ1n) is 9.27. The molecule has 0 bridgehead atoms. The highest BCUT2D eigenvalue weighted by molar-refractivity contribution is 7.98. The van der Waals surface area contributed by atoms with Crippen LogP contribution >= 0.6 is 23.1 Å². The quantitative estimate of drug-likeness (QED) is 0.440. The van der Waals surface area contributed by atoms with E-state index >= 15 is 0 Å². The van der Waals surface area contributed by atoms with Crippen LogP contribution in [0.2, 0.25) is 0 Å². The highest BCUT2D eigenvalue weighted by atomic mass is 32.2. The van der Waals surface area contributed by atoms with Gasteiger partial charge in [-0.05, 0) is 43.9 Å². The smallest absolute Gasteiger partial charge is 0.276 e. The van der Waals surface area contributed by atoms with Gasteiger partial charge in [0.25, 0.3) is 5.22 Å². The van der Waals surface area contributed by atoms with E-state index in [4.69, 9.17) is 9.52 Å². The summed E-state index contributed by atoms with van der Waals surface area (Å²) in [6, 6.07) is 10.3. The summed E-state index contributed by atoms with van der Waals surface area (Å²) in [5.41, 5.74) is 5.94. The van der Waals surface area contributed by atoms with Crippen molar-refractivity contribution in [3.63, 3.8) is 0 Å². The molecule has 0 aliphatic heterocycles. The SMILES string of the molecule is Cc1nc(Cc2nnc(SCc3nn(-c4ccccc4)c4c3CCC4)o2)cs1. The van der Waals surface area contributed by atoms with E-state index in [2.05, 4.69) is 44.1 Å². The highest BCUT2D eigenvalue weighted by Crippen LogP contribution is 2.31. The summed E-state index contributed by atoms with van der Waals surface area (Å²) in [7, 11) is 0. The molecule has 142 valence electrons. The standard InChI is InChI=1S/C20H19N5OS2/c1-13-21-14(11-27-13)10-19-22-23-20(26-19)28-12-17-16-8-5-9-18(16)25(24-17)15-6-3-2-4-7-15/h2-4,6-7,11H,5,8-10,12H2,1H3. The summed E-state index contributed by atoms with van der Waals surface area (Å²) in [4.78, 5) is 4.45. The molecular weight excluding hydrogens is 390 g/mol. The number of para-hydroxylation sites is 1. The molecular formula is C20H19N5OS2. The van der Waals surface area contributed by atoms with Crippen molar-refractivity contribution in [2.24, 2.45) is 0 Å². The van der Waals surface area contributed by atoms with Crippen molar-refractivity contribution in [2.75, 3.05) is 0 Å². The van der Waals surface area contributed by atoms with Crippen molar-refractivity contribution in [2.45, 2.75) is 43.6 Å². The van der Waals surface area contributed by atoms with Crippen LogP contribution in [0.5, 0.6) is 0 Å². The molecule has 3 aromatic heterocycles. The number of aryl methyl sites for hydroxylation is 1. The molecule has 0 amide bonds. The van der Waals surface area contributed by atoms with Crippen LogP contribution in [0.4, 0.5) is 0 Å². The summed E-state index contributed by atoms with van der Waals surface area (Å²) in [5.74, 6) is 1.34. The lowest BCUT2D eigenvalue weighted by Crippen LogP contribution is -2.01. The third-order valence-electron chi connectivity index (χ3n) is 4.79. The molecule has 8 heteroatoms. The van der Waals surface area contributed by atoms with Gasteiger partial charge in [-0.3, -0.25) is 0 Å². The minimum atomic E-state index is 0.579. The summed E-state index contributed by atoms with van der Waals surface area (Å²) >= 11 is 3.18. The predicted molar refractivity (Wildman–Crippen MR) is 109 cm³/mol. The van der Waals surface area contributed by atoms with E-state index in [1.54, 1.807) is 23.1 Å². The largest absolute Gasteiger partial charge is 0.416 e. The molecule has 6 nitrogen and oxygen atoms in total. The minimum Gasteiger partial charge on any atom is -0.416 e. The number of rotatable bonds is 6. The van der Waals surface area contributed by atoms with Crippen molar-refractivity contribution < 1.29 is 4.42 Å². The molecule has 0 atom stereocenters. The summed E-state index contributed by atoms with van der Waals surface area (Å²) in [6.45, 7) is 2.00. The normalized spacial score (nSPS) is 13.2. The fourth-order valence-corrected chi connectivity index (χ4v) is 4.91. The summed E-state index contributed by atoms with van der Waals surface area (Å²) in [6.07, 6.45) is 3.95. The van der Waals surface area contributed by atoms with Crippen molar-refractivity contribution in [3.8, 4) is 5.69 Å². The number of aromatic nitrogens is 5. The maximum absolute atomic E-state index is 5.80. The third-order valence-corrected chi connectivity index (χ3v) is 6.45. The molecule has 0 radical (unpaired) electrons. The number of hydrogen-bond acceptors (Lipinski definition) is 7. The van der Waals surface area contributed by atoms with Gasteiger partial charge < -0.3 is 4.42 Å². The van der Waals surface area contributed by atoms with Gasteiger partial charge in [-0.25, -0.2) is 9.67 Å². The van der Waals surface area contributed by atoms with Gasteiger partial charge in [0, 0.05) is 16.8 Å². The Balaban J connectivity index is 1.31. The average molecular weight is 410 g/mol. The van der Waals surface area contributed by atoms with Crippen LogP contribution in [-0.4, -0.2) is 25.0 Å². The number of nitrogens with zero attached hydrogens (tertiary/aromatic N) is 5. The van der Waals surface area contributed by atoms with Gasteiger partial charge in [0.1, 0.15) is 0 Å². The second-order valence-corrected chi connectivity index (χ2v) is 8.75. The molecule has 0 spiro atoms. The Morgan fingerprint density at radius 1 is 1.18 bits per heavy atom. The zero-order valence-corrected chi connectivity index (χ0v) is 17.1. The van der Waals surface area contributed by atoms with Gasteiger partial charge in [0.15, 0.2) is 0 Å². The van der Waals surface area contributed by atoms with Crippen LogP contribution in [0.25, 0.3) is 5.69 Å². The summed E-state index contributed by atoms with van der Waals surface area (Å²) < 4.78 is 7.90. The van der Waals surface area contributed by atoms with Gasteiger partial charge in [-0.1, -0.05) is 30.0 Å². The monoisotopic (exact) mass is 409 g/mol. The molecule has 4 aromatic rings. The Morgan fingerprint density at radius 2 is 2.07 bits per heavy atom. The Hall–Kier alpha value is -2.45. The van der Waals surface area contributed by atoms with Crippen LogP contribution < -0.4 is 0 Å². The second-order valence-electron chi connectivity index (χ2n) is 6.76. The molecule has 28 heavy (non-hydrogen) atoms. The minimum absolute atomic E-state index is 0.579. The van der Waals surface area contributed by atoms with Gasteiger partial charge in [0.2, 0.25) is 5.89 Å². The van der Waals surface area contributed by atoms with Gasteiger partial charge in [-0.2, -0.15) is 5.10 Å². The number of benzene rings is 1. The molecule has 1 aliphatic carbocycles. The second kappa shape index (κ2) is 7.52. The Kier molecular flexibility index (Phi) is 4.74. The van der Waals surface area contributed by atoms with Crippen LogP contribution in [0.15, 0.2) is 45.4 Å². The van der Waals surface area contributed by atoms with E-state index in [0.29, 0.717) is 17.5 Å². The third kappa shape index (κ3) is 3.49. The molecule has 0 saturated heterocycles. The Bertz CT molecular complexity index is 1100. The number of fused-ring (bicyclic) bond motifs is 1. The van der Waals surface area contributed by atoms with Crippen molar-refractivity contribution in [1.29, 1.82) is 0 Å². The lowest BCUT2D eigenvalue weighted by Gasteiger charge is -2.04. The molecule has 0 fully saturated rings. The first-order valence-corrected chi connectivity index (χ1v) is 11.1. The van der Waals surface area contributed by atoms with Crippen molar-refractivity contribution in [3.05, 3.63) is 69.3 Å². The first kappa shape index (κ1) is 17.6. The van der Waals surface area contributed by atoms with Gasteiger partial charge in [-0.15, -0.1) is 21.5 Å². The molecule has 0 saturated carbocycles. The zero-order valence-electron chi connectivity index (χ0n) is 15.5. The maximum atomic E-state index is 5.80. The molecule has 0 unspecified atom stereocenters. The lowest BCUT2D eigenvalue weighted by molar-refractivity contribution is 0.419. The molecule has 1 aliphatic rings. The first-order chi connectivity index (χ1) is 13.8. The van der Waals surface area contributed by atoms with E-state index < -0.39 is 0 Å². The van der Waals surface area contributed by atoms with Gasteiger partial charge >= 0.3 is 0 Å². The highest BCUT2D eigenvalue weighted by Gasteiger charge is 2.23. The Morgan fingerprint density at radius 3 is 2.89 bits per heavy atom. The fourth-order valence-electron chi connectivity index (χ4n) is 3.55. The van der Waals surface area contributed by atoms with E-state index in [9.17, 15) is 0 Å². The average Bonchev–Trinajstić information content (AvgIpc) is 3.47. The molecule has 3 heterocycles. The van der Waals surface area contributed by atoms with E-state index in [0.717, 1.165) is 40.7 Å². The summed E-state index contributed by atoms with van der Waals surface area (Å²) in [5, 5.41) is 16.9. The van der Waals surface area contributed by atoms with E-state index in [1.807, 2.05) is 18.4 Å². The lowest BCUT2D eigenvalue weighted by atomic mass is 10.2. The zero-order chi connectivity index (χ0) is 18.9. The van der Waals surface area contributed by atoms with E-state index in [1.165, 1.54) is 17.7 Å². The van der Waals surface area contributed by atoms with Crippen molar-refractivity contribution in [1.82, 2.24) is 25.0 Å². The maximum Gasteiger partial charge on any atom is 0.276 e. The van der Waals surface area contributed by atoms with E-state index in [-0.39, 0.29) is 0 Å².